The molecule has 1 saturated carbocycles. The van der Waals surface area contributed by atoms with E-state index in [-0.39, 0.29) is 39.8 Å². The Balaban J connectivity index is 0.00000280. The van der Waals surface area contributed by atoms with Gasteiger partial charge >= 0.3 is 17.1 Å². The van der Waals surface area contributed by atoms with Crippen molar-refractivity contribution in [3.63, 3.8) is 0 Å². The van der Waals surface area contributed by atoms with E-state index >= 15 is 0 Å². The Kier molecular flexibility index (Phi) is 12.4. The van der Waals surface area contributed by atoms with Crippen LogP contribution in [0.3, 0.4) is 0 Å². The van der Waals surface area contributed by atoms with Gasteiger partial charge in [-0.2, -0.15) is 33.6 Å². The summed E-state index contributed by atoms with van der Waals surface area (Å²) in [6, 6.07) is 14.4. The first kappa shape index (κ1) is 30.1. The fraction of sp³-hybridized carbons (Fsp3) is 0.538. The molecular formula is C26H45FePSi2. The van der Waals surface area contributed by atoms with Crippen LogP contribution in [0.5, 0.6) is 0 Å². The molecule has 1 fully saturated rings. The third kappa shape index (κ3) is 7.59. The summed E-state index contributed by atoms with van der Waals surface area (Å²) in [6.07, 6.45) is 10.1. The van der Waals surface area contributed by atoms with Crippen molar-refractivity contribution in [1.82, 2.24) is 0 Å². The Morgan fingerprint density at radius 3 is 1.53 bits per heavy atom. The van der Waals surface area contributed by atoms with Crippen molar-refractivity contribution < 1.29 is 17.1 Å². The quantitative estimate of drug-likeness (QED) is 0.208. The number of hydrogen-bond acceptors (Lipinski definition) is 0. The second-order valence-corrected chi connectivity index (χ2v) is 23.2. The average Bonchev–Trinajstić information content (AvgIpc) is 3.23. The summed E-state index contributed by atoms with van der Waals surface area (Å²) < 4.78 is 0. The van der Waals surface area contributed by atoms with Crippen LogP contribution in [-0.4, -0.2) is 21.8 Å². The first-order valence-electron chi connectivity index (χ1n) is 10.9. The molecule has 30 heavy (non-hydrogen) atoms. The summed E-state index contributed by atoms with van der Waals surface area (Å²) in [5.41, 5.74) is 4.39. The number of hydrogen-bond donors (Lipinski definition) is 0. The van der Waals surface area contributed by atoms with Crippen LogP contribution in [0.15, 0.2) is 36.4 Å². The van der Waals surface area contributed by atoms with Crippen LogP contribution in [0.2, 0.25) is 39.3 Å². The van der Waals surface area contributed by atoms with Gasteiger partial charge in [0.25, 0.3) is 0 Å². The van der Waals surface area contributed by atoms with Crippen molar-refractivity contribution in [2.24, 2.45) is 0 Å². The molecule has 0 N–H and O–H groups in total. The van der Waals surface area contributed by atoms with Gasteiger partial charge in [-0.1, -0.05) is 66.5 Å². The molecule has 0 unspecified atom stereocenters. The fourth-order valence-corrected chi connectivity index (χ4v) is 11.8. The number of rotatable bonds is 7. The molecular weight excluding hydrogens is 455 g/mol. The van der Waals surface area contributed by atoms with E-state index < -0.39 is 16.1 Å². The molecule has 0 atom stereocenters. The predicted octanol–water partition coefficient (Wildman–Crippen LogP) is 7.63. The molecule has 170 valence electrons. The Morgan fingerprint density at radius 2 is 1.17 bits per heavy atom. The Labute approximate surface area is 202 Å². The summed E-state index contributed by atoms with van der Waals surface area (Å²) in [5, 5.41) is 3.44. The van der Waals surface area contributed by atoms with Crippen molar-refractivity contribution in [3.05, 3.63) is 62.4 Å². The fourth-order valence-electron chi connectivity index (χ4n) is 4.85. The van der Waals surface area contributed by atoms with Crippen LogP contribution in [0, 0.1) is 14.9 Å². The Bertz CT molecular complexity index is 673. The van der Waals surface area contributed by atoms with Gasteiger partial charge in [0, 0.05) is 16.1 Å². The van der Waals surface area contributed by atoms with Crippen LogP contribution in [0.1, 0.15) is 43.2 Å². The van der Waals surface area contributed by atoms with Crippen LogP contribution >= 0.6 is 7.92 Å². The molecule has 3 rings (SSSR count). The van der Waals surface area contributed by atoms with E-state index in [1.54, 1.807) is 21.5 Å². The van der Waals surface area contributed by atoms with Crippen molar-refractivity contribution >= 4 is 34.4 Å². The molecule has 1 aliphatic rings. The minimum Gasteiger partial charge on any atom is -0.358 e. The molecule has 2 aromatic rings. The van der Waals surface area contributed by atoms with Gasteiger partial charge in [0.2, 0.25) is 0 Å². The molecule has 0 nitrogen and oxygen atoms in total. The molecule has 0 heterocycles. The monoisotopic (exact) mass is 500 g/mol. The summed E-state index contributed by atoms with van der Waals surface area (Å²) in [6.45, 7) is 15.1. The summed E-state index contributed by atoms with van der Waals surface area (Å²) >= 11 is 0. The SMILES string of the molecule is C[Si](C)(C)[c-]1cccc1CP(Cc1ccc[c-]1[Si](C)(C)C)C1CCCCC1.[CH3-].[CH3-].[Fe+4]. The molecule has 0 spiro atoms. The van der Waals surface area contributed by atoms with E-state index in [1.165, 1.54) is 44.4 Å². The van der Waals surface area contributed by atoms with Gasteiger partial charge < -0.3 is 14.9 Å². The topological polar surface area (TPSA) is 0 Å². The zero-order valence-corrected chi connectivity index (χ0v) is 24.8. The van der Waals surface area contributed by atoms with E-state index in [2.05, 4.69) is 75.7 Å². The van der Waals surface area contributed by atoms with E-state index in [0.717, 1.165) is 5.66 Å². The molecule has 0 saturated heterocycles. The second kappa shape index (κ2) is 12.4. The molecule has 1 aliphatic carbocycles. The summed E-state index contributed by atoms with van der Waals surface area (Å²) in [5.74, 6) is 0. The molecule has 0 aliphatic heterocycles. The average molecular weight is 501 g/mol. The largest absolute Gasteiger partial charge is 4.00 e. The smallest absolute Gasteiger partial charge is 0.358 e. The van der Waals surface area contributed by atoms with Crippen molar-refractivity contribution in [1.29, 1.82) is 0 Å². The second-order valence-electron chi connectivity index (χ2n) is 10.6. The van der Waals surface area contributed by atoms with Crippen molar-refractivity contribution in [3.8, 4) is 0 Å². The maximum Gasteiger partial charge on any atom is 4.00 e. The van der Waals surface area contributed by atoms with Gasteiger partial charge in [-0.3, -0.25) is 0 Å². The van der Waals surface area contributed by atoms with Gasteiger partial charge in [0.15, 0.2) is 0 Å². The third-order valence-electron chi connectivity index (χ3n) is 6.27. The van der Waals surface area contributed by atoms with Crippen molar-refractivity contribution in [2.45, 2.75) is 89.4 Å². The standard InChI is InChI=1S/C24H39PSi2.2CH3.Fe/c1-26(2,3)23-16-10-12-20(23)18-25(22-14-8-7-9-15-22)19-21-13-11-17-24(21)27(4,5)6;;;/h10-13,16-17,22H,7-9,14-15,18-19H2,1-6H3;2*1H3;/q-2;2*-1;+4. The van der Waals surface area contributed by atoms with E-state index in [1.807, 2.05) is 0 Å². The summed E-state index contributed by atoms with van der Waals surface area (Å²) in [4.78, 5) is 0. The van der Waals surface area contributed by atoms with Crippen LogP contribution < -0.4 is 10.4 Å². The molecule has 2 aromatic carbocycles. The van der Waals surface area contributed by atoms with Crippen molar-refractivity contribution in [2.75, 3.05) is 0 Å². The van der Waals surface area contributed by atoms with Crippen LogP contribution in [0.25, 0.3) is 0 Å². The predicted molar refractivity (Wildman–Crippen MR) is 144 cm³/mol. The third-order valence-corrected chi connectivity index (χ3v) is 13.5. The Morgan fingerprint density at radius 1 is 0.767 bits per heavy atom. The molecule has 0 radical (unpaired) electrons. The first-order chi connectivity index (χ1) is 12.7. The zero-order chi connectivity index (χ0) is 19.7. The zero-order valence-electron chi connectivity index (χ0n) is 20.8. The van der Waals surface area contributed by atoms with E-state index in [4.69, 9.17) is 0 Å². The van der Waals surface area contributed by atoms with Gasteiger partial charge in [0.05, 0.1) is 0 Å². The van der Waals surface area contributed by atoms with Gasteiger partial charge in [-0.25, -0.2) is 24.3 Å². The van der Waals surface area contributed by atoms with Crippen LogP contribution in [-0.2, 0) is 29.4 Å². The first-order valence-corrected chi connectivity index (χ1v) is 19.7. The maximum atomic E-state index is 2.51. The normalized spacial score (nSPS) is 15.3. The van der Waals surface area contributed by atoms with Crippen LogP contribution in [0.4, 0.5) is 0 Å². The molecule has 0 amide bonds. The minimum absolute atomic E-state index is 0. The maximum absolute atomic E-state index is 2.51. The Hall–Kier alpha value is 0.0832. The minimum atomic E-state index is -1.24. The molecule has 4 heteroatoms. The summed E-state index contributed by atoms with van der Waals surface area (Å²) in [7, 11) is -2.45. The van der Waals surface area contributed by atoms with Gasteiger partial charge in [-0.05, 0) is 30.8 Å². The van der Waals surface area contributed by atoms with E-state index in [0.29, 0.717) is 0 Å². The van der Waals surface area contributed by atoms with E-state index in [9.17, 15) is 0 Å². The van der Waals surface area contributed by atoms with Gasteiger partial charge in [0.1, 0.15) is 0 Å². The molecule has 0 aromatic heterocycles. The molecule has 0 bridgehead atoms. The van der Waals surface area contributed by atoms with Gasteiger partial charge in [-0.15, -0.1) is 0 Å².